The molecule has 6 nitrogen and oxygen atoms in total. The molecule has 0 N–H and O–H groups in total. The van der Waals surface area contributed by atoms with Gasteiger partial charge in [0.2, 0.25) is 0 Å². The molecule has 0 aliphatic carbocycles. The summed E-state index contributed by atoms with van der Waals surface area (Å²) < 4.78 is 28.4. The zero-order valence-corrected chi connectivity index (χ0v) is 12.6. The molecule has 0 aliphatic rings. The van der Waals surface area contributed by atoms with Crippen LogP contribution in [-0.4, -0.2) is 29.5 Å². The molecular formula is C13H18N4O2S. The summed E-state index contributed by atoms with van der Waals surface area (Å²) in [6.07, 6.45) is 6.24. The SMILES string of the molecule is CCN(c1ccncc1)S(=O)(=O)c1cn(C(C)C)cn1. The smallest absolute Gasteiger partial charge is 0.283 e. The van der Waals surface area contributed by atoms with Crippen molar-refractivity contribution < 1.29 is 8.42 Å². The Morgan fingerprint density at radius 2 is 1.95 bits per heavy atom. The van der Waals surface area contributed by atoms with Gasteiger partial charge in [-0.2, -0.15) is 8.42 Å². The van der Waals surface area contributed by atoms with Crippen molar-refractivity contribution in [3.8, 4) is 0 Å². The molecule has 0 saturated heterocycles. The fraction of sp³-hybridized carbons (Fsp3) is 0.385. The summed E-state index contributed by atoms with van der Waals surface area (Å²) >= 11 is 0. The minimum absolute atomic E-state index is 0.0601. The highest BCUT2D eigenvalue weighted by Crippen LogP contribution is 2.22. The molecule has 2 rings (SSSR count). The van der Waals surface area contributed by atoms with Crippen LogP contribution in [0.5, 0.6) is 0 Å². The zero-order valence-electron chi connectivity index (χ0n) is 11.8. The summed E-state index contributed by atoms with van der Waals surface area (Å²) in [5, 5.41) is 0.0601. The van der Waals surface area contributed by atoms with Gasteiger partial charge >= 0.3 is 0 Å². The Kier molecular flexibility index (Phi) is 4.08. The Balaban J connectivity index is 2.41. The van der Waals surface area contributed by atoms with E-state index in [-0.39, 0.29) is 11.1 Å². The van der Waals surface area contributed by atoms with Crippen molar-refractivity contribution in [1.82, 2.24) is 14.5 Å². The second kappa shape index (κ2) is 5.62. The van der Waals surface area contributed by atoms with E-state index in [2.05, 4.69) is 9.97 Å². The van der Waals surface area contributed by atoms with Gasteiger partial charge in [-0.05, 0) is 32.9 Å². The van der Waals surface area contributed by atoms with E-state index in [4.69, 9.17) is 0 Å². The Morgan fingerprint density at radius 1 is 1.30 bits per heavy atom. The second-order valence-electron chi connectivity index (χ2n) is 4.63. The predicted molar refractivity (Wildman–Crippen MR) is 77.1 cm³/mol. The number of imidazole rings is 1. The summed E-state index contributed by atoms with van der Waals surface area (Å²) in [5.41, 5.74) is 0.585. The lowest BCUT2D eigenvalue weighted by Crippen LogP contribution is -2.31. The Labute approximate surface area is 119 Å². The quantitative estimate of drug-likeness (QED) is 0.846. The molecule has 0 unspecified atom stereocenters. The summed E-state index contributed by atoms with van der Waals surface area (Å²) in [6, 6.07) is 3.50. The third kappa shape index (κ3) is 2.67. The Hall–Kier alpha value is -1.89. The topological polar surface area (TPSA) is 68.1 Å². The van der Waals surface area contributed by atoms with Crippen molar-refractivity contribution in [3.63, 3.8) is 0 Å². The van der Waals surface area contributed by atoms with Crippen molar-refractivity contribution in [2.24, 2.45) is 0 Å². The number of hydrogen-bond donors (Lipinski definition) is 0. The van der Waals surface area contributed by atoms with Gasteiger partial charge in [0.05, 0.1) is 12.0 Å². The van der Waals surface area contributed by atoms with E-state index < -0.39 is 10.0 Å². The van der Waals surface area contributed by atoms with Gasteiger partial charge < -0.3 is 4.57 Å². The minimum Gasteiger partial charge on any atom is -0.334 e. The number of sulfonamides is 1. The summed E-state index contributed by atoms with van der Waals surface area (Å²) in [7, 11) is -3.64. The van der Waals surface area contributed by atoms with Crippen molar-refractivity contribution in [1.29, 1.82) is 0 Å². The van der Waals surface area contributed by atoms with E-state index in [9.17, 15) is 8.42 Å². The molecule has 0 aliphatic heterocycles. The van der Waals surface area contributed by atoms with Crippen LogP contribution < -0.4 is 4.31 Å². The maximum Gasteiger partial charge on any atom is 0.283 e. The number of rotatable bonds is 5. The molecule has 2 aromatic rings. The average molecular weight is 294 g/mol. The van der Waals surface area contributed by atoms with Gasteiger partial charge in [-0.15, -0.1) is 0 Å². The fourth-order valence-corrected chi connectivity index (χ4v) is 3.25. The predicted octanol–water partition coefficient (Wildman–Crippen LogP) is 2.07. The van der Waals surface area contributed by atoms with Crippen LogP contribution in [-0.2, 0) is 10.0 Å². The van der Waals surface area contributed by atoms with Crippen LogP contribution in [0.4, 0.5) is 5.69 Å². The van der Waals surface area contributed by atoms with Gasteiger partial charge in [-0.3, -0.25) is 9.29 Å². The van der Waals surface area contributed by atoms with Crippen LogP contribution >= 0.6 is 0 Å². The summed E-state index contributed by atoms with van der Waals surface area (Å²) in [6.45, 7) is 6.06. The molecule has 0 saturated carbocycles. The first-order chi connectivity index (χ1) is 9.46. The largest absolute Gasteiger partial charge is 0.334 e. The molecule has 0 radical (unpaired) electrons. The maximum atomic E-state index is 12.6. The first kappa shape index (κ1) is 14.5. The molecule has 0 atom stereocenters. The lowest BCUT2D eigenvalue weighted by molar-refractivity contribution is 0.585. The Morgan fingerprint density at radius 3 is 2.45 bits per heavy atom. The monoisotopic (exact) mass is 294 g/mol. The molecule has 7 heteroatoms. The molecule has 2 heterocycles. The van der Waals surface area contributed by atoms with E-state index in [0.717, 1.165) is 0 Å². The summed E-state index contributed by atoms with van der Waals surface area (Å²) in [5.74, 6) is 0. The zero-order chi connectivity index (χ0) is 14.8. The van der Waals surface area contributed by atoms with E-state index in [1.54, 1.807) is 42.2 Å². The molecule has 2 aromatic heterocycles. The molecule has 0 spiro atoms. The van der Waals surface area contributed by atoms with Crippen molar-refractivity contribution in [2.75, 3.05) is 10.8 Å². The number of hydrogen-bond acceptors (Lipinski definition) is 4. The lowest BCUT2D eigenvalue weighted by atomic mass is 10.4. The van der Waals surface area contributed by atoms with Crippen molar-refractivity contribution in [2.45, 2.75) is 31.8 Å². The molecule has 0 fully saturated rings. The average Bonchev–Trinajstić information content (AvgIpc) is 2.91. The first-order valence-electron chi connectivity index (χ1n) is 6.43. The molecule has 0 aromatic carbocycles. The number of pyridine rings is 1. The lowest BCUT2D eigenvalue weighted by Gasteiger charge is -2.21. The van der Waals surface area contributed by atoms with Crippen LogP contribution in [0.15, 0.2) is 42.1 Å². The third-order valence-electron chi connectivity index (χ3n) is 2.97. The number of aromatic nitrogens is 3. The van der Waals surface area contributed by atoms with Gasteiger partial charge in [0, 0.05) is 31.2 Å². The minimum atomic E-state index is -3.64. The van der Waals surface area contributed by atoms with E-state index in [0.29, 0.717) is 12.2 Å². The number of nitrogens with zero attached hydrogens (tertiary/aromatic N) is 4. The van der Waals surface area contributed by atoms with Crippen molar-refractivity contribution in [3.05, 3.63) is 37.1 Å². The highest BCUT2D eigenvalue weighted by atomic mass is 32.2. The van der Waals surface area contributed by atoms with Gasteiger partial charge in [0.1, 0.15) is 0 Å². The molecule has 108 valence electrons. The standard InChI is InChI=1S/C13H18N4O2S/c1-4-17(12-5-7-14-8-6-12)20(18,19)13-9-16(10-15-13)11(2)3/h5-11H,4H2,1-3H3. The first-order valence-corrected chi connectivity index (χ1v) is 7.87. The van der Waals surface area contributed by atoms with Crippen LogP contribution in [0, 0.1) is 0 Å². The molecule has 0 amide bonds. The third-order valence-corrected chi connectivity index (χ3v) is 4.76. The van der Waals surface area contributed by atoms with Gasteiger partial charge in [-0.25, -0.2) is 4.98 Å². The van der Waals surface area contributed by atoms with Crippen LogP contribution in [0.1, 0.15) is 26.8 Å². The van der Waals surface area contributed by atoms with E-state index in [1.165, 1.54) is 10.6 Å². The highest BCUT2D eigenvalue weighted by Gasteiger charge is 2.26. The maximum absolute atomic E-state index is 12.6. The Bertz CT molecular complexity index is 665. The number of anilines is 1. The van der Waals surface area contributed by atoms with Gasteiger partial charge in [-0.1, -0.05) is 0 Å². The normalized spacial score (nSPS) is 11.8. The van der Waals surface area contributed by atoms with E-state index in [1.807, 2.05) is 13.8 Å². The van der Waals surface area contributed by atoms with Crippen LogP contribution in [0.25, 0.3) is 0 Å². The molecule has 20 heavy (non-hydrogen) atoms. The van der Waals surface area contributed by atoms with Gasteiger partial charge in [0.15, 0.2) is 5.03 Å². The van der Waals surface area contributed by atoms with Gasteiger partial charge in [0.25, 0.3) is 10.0 Å². The van der Waals surface area contributed by atoms with E-state index >= 15 is 0 Å². The molecular weight excluding hydrogens is 276 g/mol. The van der Waals surface area contributed by atoms with Crippen LogP contribution in [0.3, 0.4) is 0 Å². The van der Waals surface area contributed by atoms with Crippen LogP contribution in [0.2, 0.25) is 0 Å². The fourth-order valence-electron chi connectivity index (χ4n) is 1.85. The highest BCUT2D eigenvalue weighted by molar-refractivity contribution is 7.92. The second-order valence-corrected chi connectivity index (χ2v) is 6.44. The molecule has 0 bridgehead atoms. The van der Waals surface area contributed by atoms with Crippen molar-refractivity contribution >= 4 is 15.7 Å². The summed E-state index contributed by atoms with van der Waals surface area (Å²) in [4.78, 5) is 7.92.